The van der Waals surface area contributed by atoms with E-state index in [0.717, 1.165) is 22.1 Å². The second-order valence-corrected chi connectivity index (χ2v) is 6.62. The van der Waals surface area contributed by atoms with Crippen molar-refractivity contribution < 1.29 is 14.3 Å². The van der Waals surface area contributed by atoms with Gasteiger partial charge in [-0.2, -0.15) is 0 Å². The van der Waals surface area contributed by atoms with E-state index >= 15 is 0 Å². The lowest BCUT2D eigenvalue weighted by atomic mass is 10.1. The average molecular weight is 384 g/mol. The molecule has 3 aromatic rings. The normalized spacial score (nSPS) is 10.3. The van der Waals surface area contributed by atoms with Gasteiger partial charge in [-0.15, -0.1) is 10.2 Å². The van der Waals surface area contributed by atoms with Crippen LogP contribution in [0.5, 0.6) is 11.5 Å². The summed E-state index contributed by atoms with van der Waals surface area (Å²) in [5, 5.41) is 14.9. The molecule has 0 aliphatic carbocycles. The van der Waals surface area contributed by atoms with Crippen LogP contribution in [-0.4, -0.2) is 29.9 Å². The van der Waals surface area contributed by atoms with Gasteiger partial charge in [-0.1, -0.05) is 23.5 Å². The Hall–Kier alpha value is -3.13. The fourth-order valence-electron chi connectivity index (χ4n) is 2.35. The van der Waals surface area contributed by atoms with Gasteiger partial charge in [0.25, 0.3) is 0 Å². The van der Waals surface area contributed by atoms with E-state index in [0.29, 0.717) is 23.8 Å². The number of nitrogens with one attached hydrogen (secondary N) is 2. The molecule has 0 saturated heterocycles. The fraction of sp³-hybridized carbons (Fsp3) is 0.211. The minimum atomic E-state index is -0.369. The molecule has 27 heavy (non-hydrogen) atoms. The number of urea groups is 1. The lowest BCUT2D eigenvalue weighted by molar-refractivity contribution is 0.262. The zero-order valence-electron chi connectivity index (χ0n) is 15.1. The SMILES string of the molecule is CCOc1ccc(NC(=O)Nc2nnc(Cc3ccc(OC)cc3)s2)cc1. The summed E-state index contributed by atoms with van der Waals surface area (Å²) in [4.78, 5) is 12.1. The van der Waals surface area contributed by atoms with Crippen LogP contribution in [0.4, 0.5) is 15.6 Å². The minimum absolute atomic E-state index is 0.369. The van der Waals surface area contributed by atoms with Gasteiger partial charge in [-0.3, -0.25) is 5.32 Å². The summed E-state index contributed by atoms with van der Waals surface area (Å²) < 4.78 is 10.5. The van der Waals surface area contributed by atoms with Crippen molar-refractivity contribution in [1.29, 1.82) is 0 Å². The summed E-state index contributed by atoms with van der Waals surface area (Å²) in [6, 6.07) is 14.6. The Morgan fingerprint density at radius 1 is 1.00 bits per heavy atom. The predicted octanol–water partition coefficient (Wildman–Crippen LogP) is 4.18. The van der Waals surface area contributed by atoms with Crippen LogP contribution < -0.4 is 20.1 Å². The molecule has 8 heteroatoms. The molecular weight excluding hydrogens is 364 g/mol. The number of aromatic nitrogens is 2. The standard InChI is InChI=1S/C19H20N4O3S/c1-3-26-16-10-6-14(7-11-16)20-18(24)21-19-23-22-17(27-19)12-13-4-8-15(25-2)9-5-13/h4-11H,3,12H2,1-2H3,(H2,20,21,23,24). The molecule has 0 unspecified atom stereocenters. The van der Waals surface area contributed by atoms with E-state index in [2.05, 4.69) is 20.8 Å². The first kappa shape index (κ1) is 18.7. The van der Waals surface area contributed by atoms with E-state index in [4.69, 9.17) is 9.47 Å². The molecular formula is C19H20N4O3S. The van der Waals surface area contributed by atoms with Crippen LogP contribution in [-0.2, 0) is 6.42 Å². The van der Waals surface area contributed by atoms with Gasteiger partial charge in [-0.25, -0.2) is 4.79 Å². The zero-order chi connectivity index (χ0) is 19.1. The molecule has 3 rings (SSSR count). The summed E-state index contributed by atoms with van der Waals surface area (Å²) in [7, 11) is 1.64. The number of methoxy groups -OCH3 is 1. The Bertz CT molecular complexity index is 879. The van der Waals surface area contributed by atoms with Crippen molar-refractivity contribution in [3.8, 4) is 11.5 Å². The number of benzene rings is 2. The molecule has 0 fully saturated rings. The molecule has 0 spiro atoms. The van der Waals surface area contributed by atoms with Crippen LogP contribution in [0.25, 0.3) is 0 Å². The topological polar surface area (TPSA) is 85.4 Å². The number of ether oxygens (including phenoxy) is 2. The van der Waals surface area contributed by atoms with Gasteiger partial charge in [0.05, 0.1) is 13.7 Å². The van der Waals surface area contributed by atoms with Gasteiger partial charge in [-0.05, 0) is 48.9 Å². The maximum absolute atomic E-state index is 12.1. The summed E-state index contributed by atoms with van der Waals surface area (Å²) in [5.41, 5.74) is 1.76. The van der Waals surface area contributed by atoms with Gasteiger partial charge in [0.2, 0.25) is 5.13 Å². The quantitative estimate of drug-likeness (QED) is 0.638. The molecule has 1 aromatic heterocycles. The number of carbonyl (C=O) groups is 1. The molecule has 1 heterocycles. The van der Waals surface area contributed by atoms with E-state index in [-0.39, 0.29) is 6.03 Å². The number of hydrogen-bond donors (Lipinski definition) is 2. The van der Waals surface area contributed by atoms with Crippen LogP contribution in [0.1, 0.15) is 17.5 Å². The van der Waals surface area contributed by atoms with Gasteiger partial charge >= 0.3 is 6.03 Å². The second kappa shape index (κ2) is 9.00. The Kier molecular flexibility index (Phi) is 6.22. The van der Waals surface area contributed by atoms with Crippen molar-refractivity contribution in [3.63, 3.8) is 0 Å². The Morgan fingerprint density at radius 2 is 1.70 bits per heavy atom. The third-order valence-electron chi connectivity index (χ3n) is 3.62. The molecule has 0 bridgehead atoms. The van der Waals surface area contributed by atoms with Crippen LogP contribution in [0, 0.1) is 0 Å². The smallest absolute Gasteiger partial charge is 0.325 e. The Morgan fingerprint density at radius 3 is 2.37 bits per heavy atom. The van der Waals surface area contributed by atoms with Gasteiger partial charge in [0.15, 0.2) is 0 Å². The second-order valence-electron chi connectivity index (χ2n) is 5.56. The molecule has 2 amide bonds. The van der Waals surface area contributed by atoms with Crippen LogP contribution >= 0.6 is 11.3 Å². The van der Waals surface area contributed by atoms with Crippen molar-refractivity contribution in [2.24, 2.45) is 0 Å². The van der Waals surface area contributed by atoms with Gasteiger partial charge in [0, 0.05) is 12.1 Å². The number of hydrogen-bond acceptors (Lipinski definition) is 6. The van der Waals surface area contributed by atoms with Gasteiger partial charge in [0.1, 0.15) is 16.5 Å². The number of anilines is 2. The van der Waals surface area contributed by atoms with Crippen LogP contribution in [0.15, 0.2) is 48.5 Å². The van der Waals surface area contributed by atoms with Crippen LogP contribution in [0.2, 0.25) is 0 Å². The molecule has 2 aromatic carbocycles. The molecule has 0 aliphatic rings. The number of amides is 2. The molecule has 0 saturated carbocycles. The van der Waals surface area contributed by atoms with Gasteiger partial charge < -0.3 is 14.8 Å². The van der Waals surface area contributed by atoms with Crippen LogP contribution in [0.3, 0.4) is 0 Å². The van der Waals surface area contributed by atoms with E-state index < -0.39 is 0 Å². The minimum Gasteiger partial charge on any atom is -0.497 e. The first-order valence-corrected chi connectivity index (χ1v) is 9.24. The molecule has 0 atom stereocenters. The first-order chi connectivity index (χ1) is 13.2. The highest BCUT2D eigenvalue weighted by Crippen LogP contribution is 2.21. The molecule has 140 valence electrons. The van der Waals surface area contributed by atoms with Crippen molar-refractivity contribution in [1.82, 2.24) is 10.2 Å². The number of rotatable bonds is 7. The molecule has 0 aliphatic heterocycles. The average Bonchev–Trinajstić information content (AvgIpc) is 3.11. The Labute approximate surface area is 161 Å². The van der Waals surface area contributed by atoms with E-state index in [9.17, 15) is 4.79 Å². The van der Waals surface area contributed by atoms with Crippen molar-refractivity contribution in [2.75, 3.05) is 24.4 Å². The lowest BCUT2D eigenvalue weighted by Gasteiger charge is -2.06. The fourth-order valence-corrected chi connectivity index (χ4v) is 3.12. The highest BCUT2D eigenvalue weighted by molar-refractivity contribution is 7.15. The maximum atomic E-state index is 12.1. The van der Waals surface area contributed by atoms with Crippen molar-refractivity contribution >= 4 is 28.2 Å². The van der Waals surface area contributed by atoms with E-state index in [1.165, 1.54) is 11.3 Å². The third-order valence-corrected chi connectivity index (χ3v) is 4.46. The van der Waals surface area contributed by atoms with Crippen molar-refractivity contribution in [3.05, 3.63) is 59.1 Å². The molecule has 0 radical (unpaired) electrons. The van der Waals surface area contributed by atoms with E-state index in [1.807, 2.05) is 31.2 Å². The van der Waals surface area contributed by atoms with E-state index in [1.54, 1.807) is 31.4 Å². The maximum Gasteiger partial charge on any atom is 0.325 e. The third kappa shape index (κ3) is 5.42. The summed E-state index contributed by atoms with van der Waals surface area (Å²) in [5.74, 6) is 1.57. The molecule has 7 nitrogen and oxygen atoms in total. The summed E-state index contributed by atoms with van der Waals surface area (Å²) >= 11 is 1.34. The highest BCUT2D eigenvalue weighted by atomic mass is 32.1. The first-order valence-electron chi connectivity index (χ1n) is 8.42. The highest BCUT2D eigenvalue weighted by Gasteiger charge is 2.09. The zero-order valence-corrected chi connectivity index (χ0v) is 15.9. The number of carbonyl (C=O) groups excluding carboxylic acids is 1. The monoisotopic (exact) mass is 384 g/mol. The lowest BCUT2D eigenvalue weighted by Crippen LogP contribution is -2.19. The molecule has 2 N–H and O–H groups in total. The largest absolute Gasteiger partial charge is 0.497 e. The Balaban J connectivity index is 1.53. The predicted molar refractivity (Wildman–Crippen MR) is 106 cm³/mol. The summed E-state index contributed by atoms with van der Waals surface area (Å²) in [6.45, 7) is 2.52. The van der Waals surface area contributed by atoms with Crippen molar-refractivity contribution in [2.45, 2.75) is 13.3 Å². The summed E-state index contributed by atoms with van der Waals surface area (Å²) in [6.07, 6.45) is 0.643. The number of nitrogens with zero attached hydrogens (tertiary/aromatic N) is 2.